The number of carbonyl (C=O) groups excluding carboxylic acids is 1. The molecule has 25 heavy (non-hydrogen) atoms. The number of benzene rings is 2. The number of hydrazone groups is 1. The minimum absolute atomic E-state index is 0.240. The number of methoxy groups -OCH3 is 1. The summed E-state index contributed by atoms with van der Waals surface area (Å²) in [6, 6.07) is 11.4. The zero-order valence-corrected chi connectivity index (χ0v) is 14.0. The average molecular weight is 363 g/mol. The van der Waals surface area contributed by atoms with Crippen molar-refractivity contribution in [2.75, 3.05) is 13.7 Å². The molecule has 0 unspecified atom stereocenters. The Bertz CT molecular complexity index is 807. The van der Waals surface area contributed by atoms with Crippen molar-refractivity contribution >= 4 is 29.7 Å². The topological polar surface area (TPSA) is 97.2 Å². The highest BCUT2D eigenvalue weighted by Crippen LogP contribution is 2.24. The average Bonchev–Trinajstić information content (AvgIpc) is 2.60. The van der Waals surface area contributed by atoms with Crippen LogP contribution in [0.15, 0.2) is 47.6 Å². The Balaban J connectivity index is 1.98. The normalized spacial score (nSPS) is 10.5. The van der Waals surface area contributed by atoms with E-state index in [0.29, 0.717) is 16.9 Å². The first-order valence-corrected chi connectivity index (χ1v) is 7.49. The molecule has 0 aliphatic heterocycles. The molecule has 0 saturated carbocycles. The van der Waals surface area contributed by atoms with E-state index in [-0.39, 0.29) is 16.7 Å². The molecule has 0 spiro atoms. The molecule has 0 fully saturated rings. The molecular formula is C17H15ClN2O5. The molecule has 0 saturated heterocycles. The number of amides is 1. The molecule has 0 aromatic heterocycles. The van der Waals surface area contributed by atoms with Gasteiger partial charge in [0.05, 0.1) is 18.3 Å². The molecule has 7 nitrogen and oxygen atoms in total. The molecule has 0 aliphatic carbocycles. The van der Waals surface area contributed by atoms with Gasteiger partial charge in [0, 0.05) is 5.56 Å². The van der Waals surface area contributed by atoms with Crippen molar-refractivity contribution in [3.05, 3.63) is 58.6 Å². The number of hydrogen-bond donors (Lipinski definition) is 2. The molecule has 0 radical (unpaired) electrons. The molecule has 130 valence electrons. The first-order valence-electron chi connectivity index (χ1n) is 7.11. The largest absolute Gasteiger partial charge is 0.497 e. The SMILES string of the molecule is COc1cccc(C(=O)N/N=C\c2ccc(OCC(=O)O)c(Cl)c2)c1. The molecule has 0 atom stereocenters. The van der Waals surface area contributed by atoms with E-state index in [9.17, 15) is 9.59 Å². The van der Waals surface area contributed by atoms with Crippen molar-refractivity contribution in [3.63, 3.8) is 0 Å². The molecule has 0 aliphatic rings. The second-order valence-corrected chi connectivity index (χ2v) is 5.21. The number of carboxylic acid groups (broad SMARTS) is 1. The van der Waals surface area contributed by atoms with Crippen molar-refractivity contribution in [1.29, 1.82) is 0 Å². The second-order valence-electron chi connectivity index (χ2n) is 4.80. The lowest BCUT2D eigenvalue weighted by Crippen LogP contribution is -2.17. The predicted molar refractivity (Wildman–Crippen MR) is 92.6 cm³/mol. The minimum Gasteiger partial charge on any atom is -0.497 e. The number of halogens is 1. The van der Waals surface area contributed by atoms with Gasteiger partial charge in [-0.1, -0.05) is 17.7 Å². The van der Waals surface area contributed by atoms with Crippen LogP contribution < -0.4 is 14.9 Å². The van der Waals surface area contributed by atoms with Gasteiger partial charge in [0.25, 0.3) is 5.91 Å². The maximum absolute atomic E-state index is 12.0. The van der Waals surface area contributed by atoms with E-state index < -0.39 is 12.6 Å². The number of nitrogens with one attached hydrogen (secondary N) is 1. The van der Waals surface area contributed by atoms with Crippen LogP contribution >= 0.6 is 11.6 Å². The molecule has 0 heterocycles. The number of rotatable bonds is 7. The third kappa shape index (κ3) is 5.50. The Hall–Kier alpha value is -3.06. The first kappa shape index (κ1) is 18.3. The zero-order valence-electron chi connectivity index (χ0n) is 13.2. The van der Waals surface area contributed by atoms with Crippen LogP contribution in [-0.2, 0) is 4.79 Å². The summed E-state index contributed by atoms with van der Waals surface area (Å²) in [6.07, 6.45) is 1.41. The molecule has 2 rings (SSSR count). The smallest absolute Gasteiger partial charge is 0.341 e. The molecular weight excluding hydrogens is 348 g/mol. The monoisotopic (exact) mass is 362 g/mol. The number of carbonyl (C=O) groups is 2. The predicted octanol–water partition coefficient (Wildman–Crippen LogP) is 2.58. The Morgan fingerprint density at radius 1 is 1.28 bits per heavy atom. The lowest BCUT2D eigenvalue weighted by atomic mass is 10.2. The maximum Gasteiger partial charge on any atom is 0.341 e. The Labute approximate surface area is 148 Å². The molecule has 1 amide bonds. The van der Waals surface area contributed by atoms with Gasteiger partial charge in [0.2, 0.25) is 0 Å². The summed E-state index contributed by atoms with van der Waals surface area (Å²) in [6.45, 7) is -0.482. The van der Waals surface area contributed by atoms with Gasteiger partial charge >= 0.3 is 5.97 Å². The minimum atomic E-state index is -1.10. The summed E-state index contributed by atoms with van der Waals surface area (Å²) in [5, 5.41) is 12.7. The Morgan fingerprint density at radius 2 is 2.08 bits per heavy atom. The third-order valence-electron chi connectivity index (χ3n) is 3.02. The van der Waals surface area contributed by atoms with Crippen molar-refractivity contribution in [2.45, 2.75) is 0 Å². The van der Waals surface area contributed by atoms with Gasteiger partial charge in [0.1, 0.15) is 11.5 Å². The quantitative estimate of drug-likeness (QED) is 0.582. The number of nitrogens with zero attached hydrogens (tertiary/aromatic N) is 1. The number of aliphatic carboxylic acids is 1. The van der Waals surface area contributed by atoms with Gasteiger partial charge in [-0.25, -0.2) is 10.2 Å². The standard InChI is InChI=1S/C17H15ClN2O5/c1-24-13-4-2-3-12(8-13)17(23)20-19-9-11-5-6-15(14(18)7-11)25-10-16(21)22/h2-9H,10H2,1H3,(H,20,23)(H,21,22)/b19-9-. The van der Waals surface area contributed by atoms with Crippen LogP contribution in [0.25, 0.3) is 0 Å². The van der Waals surface area contributed by atoms with E-state index >= 15 is 0 Å². The summed E-state index contributed by atoms with van der Waals surface area (Å²) in [5.41, 5.74) is 3.41. The highest BCUT2D eigenvalue weighted by atomic mass is 35.5. The van der Waals surface area contributed by atoms with Crippen molar-refractivity contribution < 1.29 is 24.2 Å². The number of carboxylic acids is 1. The number of hydrogen-bond acceptors (Lipinski definition) is 5. The van der Waals surface area contributed by atoms with Crippen LogP contribution in [0.5, 0.6) is 11.5 Å². The van der Waals surface area contributed by atoms with Crippen LogP contribution in [0.4, 0.5) is 0 Å². The summed E-state index contributed by atoms with van der Waals surface area (Å²) in [5.74, 6) is -0.661. The van der Waals surface area contributed by atoms with Gasteiger partial charge < -0.3 is 14.6 Å². The summed E-state index contributed by atoms with van der Waals surface area (Å²) in [4.78, 5) is 22.5. The lowest BCUT2D eigenvalue weighted by Gasteiger charge is -2.06. The maximum atomic E-state index is 12.0. The van der Waals surface area contributed by atoms with Crippen LogP contribution in [0.2, 0.25) is 5.02 Å². The van der Waals surface area contributed by atoms with E-state index in [2.05, 4.69) is 10.5 Å². The van der Waals surface area contributed by atoms with Gasteiger partial charge in [-0.05, 0) is 42.0 Å². The third-order valence-corrected chi connectivity index (χ3v) is 3.31. The van der Waals surface area contributed by atoms with Gasteiger partial charge in [-0.3, -0.25) is 4.79 Å². The molecule has 2 N–H and O–H groups in total. The van der Waals surface area contributed by atoms with Crippen LogP contribution in [0.3, 0.4) is 0 Å². The van der Waals surface area contributed by atoms with Gasteiger partial charge in [-0.15, -0.1) is 0 Å². The lowest BCUT2D eigenvalue weighted by molar-refractivity contribution is -0.139. The van der Waals surface area contributed by atoms with Crippen molar-refractivity contribution in [1.82, 2.24) is 5.43 Å². The van der Waals surface area contributed by atoms with E-state index in [4.69, 9.17) is 26.2 Å². The van der Waals surface area contributed by atoms with Crippen molar-refractivity contribution in [3.8, 4) is 11.5 Å². The summed E-state index contributed by atoms with van der Waals surface area (Å²) < 4.78 is 10.1. The molecule has 2 aromatic carbocycles. The van der Waals surface area contributed by atoms with Crippen molar-refractivity contribution in [2.24, 2.45) is 5.10 Å². The van der Waals surface area contributed by atoms with Gasteiger partial charge in [-0.2, -0.15) is 5.10 Å². The van der Waals surface area contributed by atoms with Gasteiger partial charge in [0.15, 0.2) is 6.61 Å². The van der Waals surface area contributed by atoms with E-state index in [1.54, 1.807) is 36.4 Å². The van der Waals surface area contributed by atoms with E-state index in [1.165, 1.54) is 19.4 Å². The fourth-order valence-corrected chi connectivity index (χ4v) is 2.09. The Morgan fingerprint density at radius 3 is 2.76 bits per heavy atom. The fraction of sp³-hybridized carbons (Fsp3) is 0.118. The summed E-state index contributed by atoms with van der Waals surface area (Å²) >= 11 is 6.00. The van der Waals surface area contributed by atoms with Crippen LogP contribution in [-0.4, -0.2) is 36.9 Å². The Kier molecular flexibility index (Phi) is 6.36. The molecule has 8 heteroatoms. The highest BCUT2D eigenvalue weighted by Gasteiger charge is 2.06. The van der Waals surface area contributed by atoms with E-state index in [1.807, 2.05) is 0 Å². The fourth-order valence-electron chi connectivity index (χ4n) is 1.85. The van der Waals surface area contributed by atoms with E-state index in [0.717, 1.165) is 0 Å². The zero-order chi connectivity index (χ0) is 18.2. The molecule has 2 aromatic rings. The second kappa shape index (κ2) is 8.70. The van der Waals surface area contributed by atoms with Crippen LogP contribution in [0, 0.1) is 0 Å². The molecule has 0 bridgehead atoms. The first-order chi connectivity index (χ1) is 12.0. The highest BCUT2D eigenvalue weighted by molar-refractivity contribution is 6.32. The number of ether oxygens (including phenoxy) is 2. The van der Waals surface area contributed by atoms with Crippen LogP contribution in [0.1, 0.15) is 15.9 Å². The summed E-state index contributed by atoms with van der Waals surface area (Å²) in [7, 11) is 1.52.